The lowest BCUT2D eigenvalue weighted by molar-refractivity contribution is -0.161. The molecule has 0 aliphatic heterocycles. The third-order valence-electron chi connectivity index (χ3n) is 10.8. The minimum atomic E-state index is -4.92. The minimum Gasteiger partial charge on any atom is -0.462 e. The molecule has 67 heavy (non-hydrogen) atoms. The van der Waals surface area contributed by atoms with Crippen molar-refractivity contribution >= 4 is 39.5 Å². The first-order chi connectivity index (χ1) is 32.0. The number of carbonyl (C=O) groups excluding carboxylic acids is 4. The van der Waals surface area contributed by atoms with Crippen LogP contribution < -0.4 is 0 Å². The summed E-state index contributed by atoms with van der Waals surface area (Å²) in [6, 6.07) is 0. The lowest BCUT2D eigenvalue weighted by atomic mass is 10.0. The summed E-state index contributed by atoms with van der Waals surface area (Å²) in [6.45, 7) is 6.76. The number of phosphoric acid groups is 2. The second kappa shape index (κ2) is 42.9. The molecule has 0 radical (unpaired) electrons. The third kappa shape index (κ3) is 43.8. The number of aliphatic hydroxyl groups is 1. The van der Waals surface area contributed by atoms with Crippen LogP contribution >= 0.6 is 15.6 Å². The van der Waals surface area contributed by atoms with Crippen LogP contribution in [-0.4, -0.2) is 96.7 Å². The van der Waals surface area contributed by atoms with E-state index in [1.54, 1.807) is 0 Å². The number of rotatable bonds is 48. The van der Waals surface area contributed by atoms with E-state index in [0.29, 0.717) is 25.7 Å². The molecular weight excluding hydrogens is 910 g/mol. The van der Waals surface area contributed by atoms with Crippen LogP contribution in [0.3, 0.4) is 0 Å². The van der Waals surface area contributed by atoms with Gasteiger partial charge in [0.2, 0.25) is 0 Å². The Hall–Kier alpha value is -1.94. The number of esters is 4. The van der Waals surface area contributed by atoms with Crippen LogP contribution in [0, 0.1) is 5.92 Å². The van der Waals surface area contributed by atoms with Gasteiger partial charge in [0.05, 0.1) is 26.4 Å². The van der Waals surface area contributed by atoms with Crippen molar-refractivity contribution in [3.63, 3.8) is 0 Å². The van der Waals surface area contributed by atoms with Gasteiger partial charge in [0.25, 0.3) is 0 Å². The van der Waals surface area contributed by atoms with Crippen LogP contribution in [0.4, 0.5) is 0 Å². The van der Waals surface area contributed by atoms with Crippen molar-refractivity contribution in [2.45, 2.75) is 239 Å². The molecule has 19 heteroatoms. The molecule has 0 aliphatic carbocycles. The monoisotopic (exact) mass is 1000 g/mol. The first-order valence-electron chi connectivity index (χ1n) is 25.6. The molecule has 0 aromatic carbocycles. The summed E-state index contributed by atoms with van der Waals surface area (Å²) in [7, 11) is -9.83. The number of ether oxygens (including phenoxy) is 4. The van der Waals surface area contributed by atoms with Crippen LogP contribution in [0.25, 0.3) is 0 Å². The van der Waals surface area contributed by atoms with Crippen LogP contribution in [-0.2, 0) is 65.4 Å². The summed E-state index contributed by atoms with van der Waals surface area (Å²) in [5.74, 6) is -1.45. The van der Waals surface area contributed by atoms with Crippen LogP contribution in [0.1, 0.15) is 221 Å². The van der Waals surface area contributed by atoms with Crippen molar-refractivity contribution in [2.24, 2.45) is 5.92 Å². The molecule has 0 rings (SSSR count). The molecule has 0 bridgehead atoms. The first-order valence-corrected chi connectivity index (χ1v) is 28.6. The second-order valence-corrected chi connectivity index (χ2v) is 20.9. The highest BCUT2D eigenvalue weighted by Gasteiger charge is 2.30. The molecular formula is C48H92O17P2. The van der Waals surface area contributed by atoms with E-state index in [0.717, 1.165) is 109 Å². The van der Waals surface area contributed by atoms with Crippen molar-refractivity contribution in [2.75, 3.05) is 39.6 Å². The Morgan fingerprint density at radius 1 is 0.403 bits per heavy atom. The lowest BCUT2D eigenvalue weighted by Gasteiger charge is -2.21. The molecule has 0 saturated heterocycles. The number of hydrogen-bond acceptors (Lipinski definition) is 15. The van der Waals surface area contributed by atoms with Crippen LogP contribution in [0.5, 0.6) is 0 Å². The largest absolute Gasteiger partial charge is 0.472 e. The molecule has 0 aliphatic rings. The SMILES string of the molecule is CCCCCCCC(=O)OC[C@H](COP(=O)(O)OC[C@H](O)COP(=O)(O)OC[C@@H](COC(=O)CCCCCCC)OC(=O)CCCCCCCCCCCC(C)C)OC(=O)CCCCCCC. The summed E-state index contributed by atoms with van der Waals surface area (Å²) in [5.41, 5.74) is 0. The van der Waals surface area contributed by atoms with E-state index < -0.39 is 97.5 Å². The van der Waals surface area contributed by atoms with E-state index in [1.165, 1.54) is 32.1 Å². The number of phosphoric ester groups is 2. The van der Waals surface area contributed by atoms with E-state index in [2.05, 4.69) is 34.6 Å². The highest BCUT2D eigenvalue weighted by molar-refractivity contribution is 7.47. The average molecular weight is 1000 g/mol. The predicted octanol–water partition coefficient (Wildman–Crippen LogP) is 11.6. The Balaban J connectivity index is 5.09. The fourth-order valence-electron chi connectivity index (χ4n) is 6.75. The van der Waals surface area contributed by atoms with Crippen molar-refractivity contribution in [1.82, 2.24) is 0 Å². The van der Waals surface area contributed by atoms with Gasteiger partial charge in [-0.05, 0) is 31.6 Å². The van der Waals surface area contributed by atoms with Crippen LogP contribution in [0.2, 0.25) is 0 Å². The van der Waals surface area contributed by atoms with Gasteiger partial charge in [-0.25, -0.2) is 9.13 Å². The van der Waals surface area contributed by atoms with Crippen molar-refractivity contribution in [3.8, 4) is 0 Å². The van der Waals surface area contributed by atoms with Gasteiger partial charge in [0, 0.05) is 25.7 Å². The second-order valence-electron chi connectivity index (χ2n) is 18.0. The summed E-state index contributed by atoms with van der Waals surface area (Å²) >= 11 is 0. The molecule has 396 valence electrons. The van der Waals surface area contributed by atoms with Crippen molar-refractivity contribution in [1.29, 1.82) is 0 Å². The zero-order valence-electron chi connectivity index (χ0n) is 42.0. The highest BCUT2D eigenvalue weighted by Crippen LogP contribution is 2.45. The van der Waals surface area contributed by atoms with Gasteiger partial charge in [-0.2, -0.15) is 0 Å². The molecule has 2 unspecified atom stereocenters. The summed E-state index contributed by atoms with van der Waals surface area (Å²) in [6.07, 6.45) is 20.9. The Kier molecular flexibility index (Phi) is 41.7. The molecule has 3 N–H and O–H groups in total. The summed E-state index contributed by atoms with van der Waals surface area (Å²) in [4.78, 5) is 70.7. The first kappa shape index (κ1) is 65.1. The molecule has 17 nitrogen and oxygen atoms in total. The number of hydrogen-bond donors (Lipinski definition) is 3. The number of carbonyl (C=O) groups is 4. The van der Waals surface area contributed by atoms with E-state index in [-0.39, 0.29) is 25.7 Å². The third-order valence-corrected chi connectivity index (χ3v) is 12.7. The zero-order valence-corrected chi connectivity index (χ0v) is 43.8. The van der Waals surface area contributed by atoms with Gasteiger partial charge >= 0.3 is 39.5 Å². The Labute approximate surface area is 403 Å². The van der Waals surface area contributed by atoms with E-state index >= 15 is 0 Å². The Morgan fingerprint density at radius 2 is 0.687 bits per heavy atom. The fourth-order valence-corrected chi connectivity index (χ4v) is 8.33. The molecule has 0 amide bonds. The highest BCUT2D eigenvalue weighted by atomic mass is 31.2. The van der Waals surface area contributed by atoms with Gasteiger partial charge in [-0.15, -0.1) is 0 Å². The zero-order chi connectivity index (χ0) is 50.0. The average Bonchev–Trinajstić information content (AvgIpc) is 3.28. The van der Waals surface area contributed by atoms with E-state index in [1.807, 2.05) is 0 Å². The maximum Gasteiger partial charge on any atom is 0.472 e. The summed E-state index contributed by atoms with van der Waals surface area (Å²) < 4.78 is 66.7. The maximum absolute atomic E-state index is 12.8. The topological polar surface area (TPSA) is 237 Å². The quantitative estimate of drug-likeness (QED) is 0.0222. The van der Waals surface area contributed by atoms with Gasteiger partial charge in [0.15, 0.2) is 12.2 Å². The summed E-state index contributed by atoms with van der Waals surface area (Å²) in [5, 5.41) is 10.4. The molecule has 0 heterocycles. The van der Waals surface area contributed by atoms with Crippen molar-refractivity contribution in [3.05, 3.63) is 0 Å². The normalized spacial score (nSPS) is 14.8. The molecule has 0 saturated carbocycles. The minimum absolute atomic E-state index is 0.0984. The molecule has 0 aromatic rings. The predicted molar refractivity (Wildman–Crippen MR) is 257 cm³/mol. The Morgan fingerprint density at radius 3 is 1.01 bits per heavy atom. The maximum atomic E-state index is 12.8. The van der Waals surface area contributed by atoms with E-state index in [4.69, 9.17) is 37.0 Å². The number of unbranched alkanes of at least 4 members (excludes halogenated alkanes) is 20. The van der Waals surface area contributed by atoms with Crippen LogP contribution in [0.15, 0.2) is 0 Å². The van der Waals surface area contributed by atoms with Gasteiger partial charge in [-0.1, -0.05) is 169 Å². The Bertz CT molecular complexity index is 1350. The van der Waals surface area contributed by atoms with Gasteiger partial charge in [0.1, 0.15) is 19.3 Å². The van der Waals surface area contributed by atoms with Crippen molar-refractivity contribution < 1.29 is 80.2 Å². The fraction of sp³-hybridized carbons (Fsp3) is 0.917. The molecule has 5 atom stereocenters. The standard InChI is InChI=1S/C48H92O17P2/c1-6-9-12-20-26-31-45(50)58-37-43(64-47(52)33-28-22-14-11-8-3)39-62-66(54,55)60-35-42(49)36-61-67(56,57)63-40-44(38-59-46(51)32-27-21-13-10-7-2)65-48(53)34-29-24-19-17-15-16-18-23-25-30-41(4)5/h41-44,49H,6-40H2,1-5H3,(H,54,55)(H,56,57)/t42-,43+,44+/m0/s1. The lowest BCUT2D eigenvalue weighted by Crippen LogP contribution is -2.30. The molecule has 0 fully saturated rings. The van der Waals surface area contributed by atoms with E-state index in [9.17, 15) is 43.2 Å². The van der Waals surface area contributed by atoms with Gasteiger partial charge < -0.3 is 33.8 Å². The molecule has 0 aromatic heterocycles. The smallest absolute Gasteiger partial charge is 0.462 e. The molecule has 0 spiro atoms. The number of aliphatic hydroxyl groups excluding tert-OH is 1. The van der Waals surface area contributed by atoms with Gasteiger partial charge in [-0.3, -0.25) is 37.3 Å².